The summed E-state index contributed by atoms with van der Waals surface area (Å²) in [5.41, 5.74) is 0. The quantitative estimate of drug-likeness (QED) is 0.506. The molecule has 0 heterocycles. The first-order valence-electron chi connectivity index (χ1n) is 3.74. The van der Waals surface area contributed by atoms with Crippen LogP contribution in [0.2, 0.25) is 0 Å². The van der Waals surface area contributed by atoms with Gasteiger partial charge in [-0.05, 0) is 13.3 Å². The molecule has 0 bridgehead atoms. The summed E-state index contributed by atoms with van der Waals surface area (Å²) in [5.74, 6) is 0. The van der Waals surface area contributed by atoms with Crippen LogP contribution in [0.3, 0.4) is 0 Å². The predicted molar refractivity (Wildman–Crippen MR) is 59.9 cm³/mol. The van der Waals surface area contributed by atoms with E-state index >= 15 is 0 Å². The number of hydrogen-bond donors (Lipinski definition) is 3. The van der Waals surface area contributed by atoms with Crippen molar-refractivity contribution in [3.8, 4) is 0 Å². The van der Waals surface area contributed by atoms with Gasteiger partial charge in [0.25, 0.3) is 0 Å². The minimum atomic E-state index is -1.49. The lowest BCUT2D eigenvalue weighted by Gasteiger charge is -2.19. The molecule has 0 spiro atoms. The molecule has 0 aliphatic rings. The molecular formula is C7H14O2S3. The summed E-state index contributed by atoms with van der Waals surface area (Å²) in [5, 5.41) is 9.17. The van der Waals surface area contributed by atoms with Gasteiger partial charge in [-0.1, -0.05) is 25.1 Å². The third kappa shape index (κ3) is 4.64. The molecule has 0 aliphatic heterocycles. The number of carbonyl (C=O) groups is 1. The maximum atomic E-state index is 11.3. The van der Waals surface area contributed by atoms with Crippen molar-refractivity contribution < 1.29 is 9.90 Å². The van der Waals surface area contributed by atoms with Crippen molar-refractivity contribution in [3.63, 3.8) is 0 Å². The zero-order valence-electron chi connectivity index (χ0n) is 7.15. The van der Waals surface area contributed by atoms with Crippen molar-refractivity contribution in [1.82, 2.24) is 0 Å². The van der Waals surface area contributed by atoms with Crippen LogP contribution in [-0.2, 0) is 4.79 Å². The predicted octanol–water partition coefficient (Wildman–Crippen LogP) is 1.94. The van der Waals surface area contributed by atoms with E-state index in [1.54, 1.807) is 6.92 Å². The standard InChI is InChI=1S/C7H14O2S3/c1-3-4-7(9,11)6(8)12-5(2)10/h5,9-11H,3-4H2,1-2H3. The first-order valence-corrected chi connectivity index (χ1v) is 5.58. The number of thioether (sulfide) groups is 1. The van der Waals surface area contributed by atoms with Crippen molar-refractivity contribution >= 4 is 42.1 Å². The molecule has 2 unspecified atom stereocenters. The fourth-order valence-electron chi connectivity index (χ4n) is 0.700. The molecule has 0 saturated carbocycles. The van der Waals surface area contributed by atoms with E-state index in [-0.39, 0.29) is 9.70 Å². The Bertz CT molecular complexity index is 157. The molecule has 0 saturated heterocycles. The van der Waals surface area contributed by atoms with Gasteiger partial charge in [0.1, 0.15) is 0 Å². The lowest BCUT2D eigenvalue weighted by atomic mass is 10.2. The van der Waals surface area contributed by atoms with E-state index < -0.39 is 4.93 Å². The molecule has 0 aliphatic carbocycles. The van der Waals surface area contributed by atoms with E-state index in [1.807, 2.05) is 6.92 Å². The van der Waals surface area contributed by atoms with Crippen molar-refractivity contribution in [1.29, 1.82) is 0 Å². The monoisotopic (exact) mass is 226 g/mol. The summed E-state index contributed by atoms with van der Waals surface area (Å²) in [6.07, 6.45) is 1.11. The fourth-order valence-corrected chi connectivity index (χ4v) is 1.97. The summed E-state index contributed by atoms with van der Waals surface area (Å²) < 4.78 is -0.104. The highest BCUT2D eigenvalue weighted by Crippen LogP contribution is 2.28. The van der Waals surface area contributed by atoms with Gasteiger partial charge in [0.15, 0.2) is 4.93 Å². The van der Waals surface area contributed by atoms with Crippen molar-refractivity contribution in [2.24, 2.45) is 0 Å². The average Bonchev–Trinajstić information content (AvgIpc) is 1.85. The number of hydrogen-bond acceptors (Lipinski definition) is 5. The lowest BCUT2D eigenvalue weighted by Crippen LogP contribution is -2.30. The van der Waals surface area contributed by atoms with E-state index in [1.165, 1.54) is 0 Å². The van der Waals surface area contributed by atoms with Crippen molar-refractivity contribution in [2.75, 3.05) is 0 Å². The average molecular weight is 226 g/mol. The smallest absolute Gasteiger partial charge is 0.231 e. The Kier molecular flexibility index (Phi) is 5.73. The van der Waals surface area contributed by atoms with Crippen LogP contribution in [0.5, 0.6) is 0 Å². The molecule has 1 N–H and O–H groups in total. The van der Waals surface area contributed by atoms with Gasteiger partial charge >= 0.3 is 0 Å². The second-order valence-electron chi connectivity index (χ2n) is 2.57. The summed E-state index contributed by atoms with van der Waals surface area (Å²) in [7, 11) is 0. The number of rotatable bonds is 4. The molecule has 2 atom stereocenters. The molecular weight excluding hydrogens is 212 g/mol. The molecule has 0 aromatic heterocycles. The highest BCUT2D eigenvalue weighted by Gasteiger charge is 2.31. The highest BCUT2D eigenvalue weighted by molar-refractivity contribution is 8.21. The van der Waals surface area contributed by atoms with Crippen LogP contribution in [0.4, 0.5) is 0 Å². The van der Waals surface area contributed by atoms with Gasteiger partial charge < -0.3 is 5.11 Å². The number of carbonyl (C=O) groups excluding carboxylic acids is 1. The first kappa shape index (κ1) is 12.7. The fraction of sp³-hybridized carbons (Fsp3) is 0.857. The number of aliphatic hydroxyl groups is 1. The van der Waals surface area contributed by atoms with Gasteiger partial charge in [0, 0.05) is 0 Å². The van der Waals surface area contributed by atoms with E-state index in [4.69, 9.17) is 0 Å². The van der Waals surface area contributed by atoms with Gasteiger partial charge in [0.05, 0.1) is 4.58 Å². The zero-order valence-corrected chi connectivity index (χ0v) is 9.76. The Morgan fingerprint density at radius 3 is 2.58 bits per heavy atom. The Morgan fingerprint density at radius 1 is 1.75 bits per heavy atom. The summed E-state index contributed by atoms with van der Waals surface area (Å²) in [6.45, 7) is 3.67. The van der Waals surface area contributed by atoms with E-state index in [0.717, 1.165) is 18.2 Å². The molecule has 0 aromatic rings. The Labute approximate surface area is 88.3 Å². The zero-order chi connectivity index (χ0) is 9.78. The van der Waals surface area contributed by atoms with Gasteiger partial charge in [-0.15, -0.1) is 12.6 Å². The normalized spacial score (nSPS) is 18.4. The molecule has 0 rings (SSSR count). The lowest BCUT2D eigenvalue weighted by molar-refractivity contribution is -0.120. The van der Waals surface area contributed by atoms with E-state index in [9.17, 15) is 9.90 Å². The third-order valence-corrected chi connectivity index (χ3v) is 2.99. The molecule has 0 aromatic carbocycles. The molecule has 2 nitrogen and oxygen atoms in total. The van der Waals surface area contributed by atoms with Gasteiger partial charge in [-0.2, -0.15) is 12.6 Å². The van der Waals surface area contributed by atoms with Crippen molar-refractivity contribution in [2.45, 2.75) is 36.2 Å². The Morgan fingerprint density at radius 2 is 2.25 bits per heavy atom. The largest absolute Gasteiger partial charge is 0.372 e. The molecule has 12 heavy (non-hydrogen) atoms. The Hall–Kier alpha value is 0.680. The number of thiol groups is 2. The van der Waals surface area contributed by atoms with Crippen LogP contribution in [0.25, 0.3) is 0 Å². The maximum Gasteiger partial charge on any atom is 0.231 e. The highest BCUT2D eigenvalue weighted by atomic mass is 32.2. The van der Waals surface area contributed by atoms with Crippen LogP contribution in [0.1, 0.15) is 26.7 Å². The molecule has 72 valence electrons. The Balaban J connectivity index is 4.06. The van der Waals surface area contributed by atoms with Crippen LogP contribution in [0, 0.1) is 0 Å². The molecule has 5 heteroatoms. The van der Waals surface area contributed by atoms with Crippen LogP contribution < -0.4 is 0 Å². The molecule has 0 amide bonds. The SMILES string of the molecule is CCCC(O)(S)C(=O)SC(C)S. The van der Waals surface area contributed by atoms with Crippen LogP contribution in [0.15, 0.2) is 0 Å². The molecule has 0 fully saturated rings. The first-order chi connectivity index (χ1) is 5.40. The summed E-state index contributed by atoms with van der Waals surface area (Å²) in [6, 6.07) is 0. The van der Waals surface area contributed by atoms with Crippen LogP contribution >= 0.6 is 37.0 Å². The van der Waals surface area contributed by atoms with Gasteiger partial charge in [0.2, 0.25) is 5.12 Å². The summed E-state index contributed by atoms with van der Waals surface area (Å²) in [4.78, 5) is 9.76. The minimum absolute atomic E-state index is 0.104. The van der Waals surface area contributed by atoms with Crippen molar-refractivity contribution in [3.05, 3.63) is 0 Å². The minimum Gasteiger partial charge on any atom is -0.372 e. The summed E-state index contributed by atoms with van der Waals surface area (Å²) >= 11 is 8.92. The topological polar surface area (TPSA) is 37.3 Å². The van der Waals surface area contributed by atoms with E-state index in [0.29, 0.717) is 6.42 Å². The second kappa shape index (κ2) is 5.42. The van der Waals surface area contributed by atoms with Crippen LogP contribution in [-0.4, -0.2) is 19.7 Å². The molecule has 0 radical (unpaired) electrons. The van der Waals surface area contributed by atoms with Gasteiger partial charge in [-0.3, -0.25) is 4.79 Å². The second-order valence-corrected chi connectivity index (χ2v) is 5.75. The van der Waals surface area contributed by atoms with Gasteiger partial charge in [-0.25, -0.2) is 0 Å². The third-order valence-electron chi connectivity index (χ3n) is 1.20. The van der Waals surface area contributed by atoms with E-state index in [2.05, 4.69) is 25.3 Å². The maximum absolute atomic E-state index is 11.3.